The fraction of sp³-hybridized carbons (Fsp3) is 0.400. The lowest BCUT2D eigenvalue weighted by molar-refractivity contribution is 0.441. The van der Waals surface area contributed by atoms with Crippen molar-refractivity contribution in [3.63, 3.8) is 0 Å². The van der Waals surface area contributed by atoms with E-state index in [0.29, 0.717) is 5.75 Å². The van der Waals surface area contributed by atoms with E-state index in [4.69, 9.17) is 0 Å². The number of phenols is 1. The summed E-state index contributed by atoms with van der Waals surface area (Å²) >= 11 is 0. The Morgan fingerprint density at radius 3 is 2.83 bits per heavy atom. The van der Waals surface area contributed by atoms with Gasteiger partial charge in [0, 0.05) is 17.6 Å². The average Bonchev–Trinajstić information content (AvgIpc) is 2.30. The Labute approximate surface area is 72.2 Å². The molecule has 0 saturated heterocycles. The first-order valence-electron chi connectivity index (χ1n) is 4.17. The Morgan fingerprint density at radius 2 is 2.17 bits per heavy atom. The van der Waals surface area contributed by atoms with Gasteiger partial charge < -0.3 is 10.4 Å². The van der Waals surface area contributed by atoms with E-state index >= 15 is 0 Å². The molecule has 12 heavy (non-hydrogen) atoms. The summed E-state index contributed by atoms with van der Waals surface area (Å²) in [5.74, 6) is 0.408. The summed E-state index contributed by atoms with van der Waals surface area (Å²) in [6, 6.07) is 5.69. The van der Waals surface area contributed by atoms with Crippen molar-refractivity contribution in [2.45, 2.75) is 25.9 Å². The van der Waals surface area contributed by atoms with Crippen LogP contribution in [0.5, 0.6) is 5.75 Å². The highest BCUT2D eigenvalue weighted by molar-refractivity contribution is 5.45. The molecule has 0 unspecified atom stereocenters. The summed E-state index contributed by atoms with van der Waals surface area (Å²) in [4.78, 5) is 0. The highest BCUT2D eigenvalue weighted by Crippen LogP contribution is 2.34. The zero-order valence-corrected chi connectivity index (χ0v) is 7.39. The van der Waals surface area contributed by atoms with E-state index in [-0.39, 0.29) is 5.54 Å². The van der Waals surface area contributed by atoms with Crippen LogP contribution in [0.1, 0.15) is 25.0 Å². The highest BCUT2D eigenvalue weighted by Gasteiger charge is 2.30. The van der Waals surface area contributed by atoms with Crippen molar-refractivity contribution >= 4 is 0 Å². The van der Waals surface area contributed by atoms with Crippen LogP contribution in [0.2, 0.25) is 0 Å². The second-order valence-electron chi connectivity index (χ2n) is 3.78. The lowest BCUT2D eigenvalue weighted by Crippen LogP contribution is -2.28. The smallest absolute Gasteiger partial charge is 0.120 e. The van der Waals surface area contributed by atoms with Crippen LogP contribution in [0, 0.1) is 0 Å². The minimum atomic E-state index is 0.00801. The van der Waals surface area contributed by atoms with Crippen LogP contribution in [-0.4, -0.2) is 5.11 Å². The maximum absolute atomic E-state index is 9.52. The van der Waals surface area contributed by atoms with Crippen LogP contribution in [0.15, 0.2) is 18.2 Å². The normalized spacial score (nSPS) is 19.2. The molecule has 0 radical (unpaired) electrons. The summed E-state index contributed by atoms with van der Waals surface area (Å²) in [7, 11) is 0. The van der Waals surface area contributed by atoms with Gasteiger partial charge in [0.25, 0.3) is 0 Å². The average molecular weight is 163 g/mol. The zero-order valence-electron chi connectivity index (χ0n) is 7.39. The van der Waals surface area contributed by atoms with Crippen molar-refractivity contribution in [3.05, 3.63) is 29.3 Å². The molecule has 0 bridgehead atoms. The zero-order chi connectivity index (χ0) is 8.77. The maximum atomic E-state index is 9.52. The van der Waals surface area contributed by atoms with Crippen molar-refractivity contribution in [1.82, 2.24) is 5.32 Å². The number of phenolic OH excluding ortho intramolecular Hbond substituents is 1. The molecule has 1 aliphatic rings. The maximum Gasteiger partial charge on any atom is 0.120 e. The molecule has 2 heteroatoms. The van der Waals surface area contributed by atoms with Gasteiger partial charge in [-0.1, -0.05) is 12.1 Å². The van der Waals surface area contributed by atoms with Gasteiger partial charge in [0.05, 0.1) is 0 Å². The predicted octanol–water partition coefficient (Wildman–Crippen LogP) is 1.73. The molecule has 0 atom stereocenters. The molecular formula is C10H13NO. The summed E-state index contributed by atoms with van der Waals surface area (Å²) in [5, 5.41) is 12.9. The molecular weight excluding hydrogens is 150 g/mol. The SMILES string of the molecule is CC1(C)NCc2c(O)cccc21. The van der Waals surface area contributed by atoms with Crippen LogP contribution in [-0.2, 0) is 12.1 Å². The van der Waals surface area contributed by atoms with Gasteiger partial charge in [-0.15, -0.1) is 0 Å². The number of hydrogen-bond acceptors (Lipinski definition) is 2. The van der Waals surface area contributed by atoms with Crippen molar-refractivity contribution in [1.29, 1.82) is 0 Å². The molecule has 1 aromatic rings. The monoisotopic (exact) mass is 163 g/mol. The lowest BCUT2D eigenvalue weighted by atomic mass is 9.94. The van der Waals surface area contributed by atoms with Crippen LogP contribution in [0.3, 0.4) is 0 Å². The van der Waals surface area contributed by atoms with Crippen molar-refractivity contribution in [3.8, 4) is 5.75 Å². The van der Waals surface area contributed by atoms with Gasteiger partial charge in [0.2, 0.25) is 0 Å². The molecule has 0 aliphatic carbocycles. The second kappa shape index (κ2) is 2.23. The van der Waals surface area contributed by atoms with E-state index in [1.165, 1.54) is 5.56 Å². The van der Waals surface area contributed by atoms with E-state index in [9.17, 15) is 5.11 Å². The van der Waals surface area contributed by atoms with Gasteiger partial charge >= 0.3 is 0 Å². The Bertz CT molecular complexity index is 318. The van der Waals surface area contributed by atoms with Crippen LogP contribution in [0.4, 0.5) is 0 Å². The number of fused-ring (bicyclic) bond motifs is 1. The third kappa shape index (κ3) is 0.916. The predicted molar refractivity (Wildman–Crippen MR) is 48.0 cm³/mol. The molecule has 2 N–H and O–H groups in total. The quantitative estimate of drug-likeness (QED) is 0.610. The molecule has 0 amide bonds. The fourth-order valence-electron chi connectivity index (χ4n) is 1.75. The standard InChI is InChI=1S/C10H13NO/c1-10(2)8-4-3-5-9(12)7(8)6-11-10/h3-5,11-12H,6H2,1-2H3. The third-order valence-corrected chi connectivity index (χ3v) is 2.53. The molecule has 0 spiro atoms. The molecule has 1 heterocycles. The van der Waals surface area contributed by atoms with E-state index < -0.39 is 0 Å². The molecule has 0 aromatic heterocycles. The first kappa shape index (κ1) is 7.62. The third-order valence-electron chi connectivity index (χ3n) is 2.53. The number of nitrogens with one attached hydrogen (secondary N) is 1. The minimum Gasteiger partial charge on any atom is -0.508 e. The highest BCUT2D eigenvalue weighted by atomic mass is 16.3. The van der Waals surface area contributed by atoms with Gasteiger partial charge in [0.15, 0.2) is 0 Å². The van der Waals surface area contributed by atoms with Gasteiger partial charge in [-0.2, -0.15) is 0 Å². The number of aromatic hydroxyl groups is 1. The topological polar surface area (TPSA) is 32.3 Å². The van der Waals surface area contributed by atoms with Gasteiger partial charge in [-0.3, -0.25) is 0 Å². The second-order valence-corrected chi connectivity index (χ2v) is 3.78. The van der Waals surface area contributed by atoms with Gasteiger partial charge in [-0.25, -0.2) is 0 Å². The first-order valence-corrected chi connectivity index (χ1v) is 4.17. The molecule has 0 fully saturated rings. The summed E-state index contributed by atoms with van der Waals surface area (Å²) in [6.45, 7) is 5.02. The lowest BCUT2D eigenvalue weighted by Gasteiger charge is -2.19. The number of rotatable bonds is 0. The van der Waals surface area contributed by atoms with Gasteiger partial charge in [0.1, 0.15) is 5.75 Å². The Kier molecular flexibility index (Phi) is 1.42. The minimum absolute atomic E-state index is 0.00801. The molecule has 64 valence electrons. The first-order chi connectivity index (χ1) is 5.61. The summed E-state index contributed by atoms with van der Waals surface area (Å²) in [5.41, 5.74) is 2.26. The van der Waals surface area contributed by atoms with Crippen LogP contribution in [0.25, 0.3) is 0 Å². The van der Waals surface area contributed by atoms with Crippen molar-refractivity contribution in [2.75, 3.05) is 0 Å². The molecule has 1 aliphatic heterocycles. The van der Waals surface area contributed by atoms with Crippen molar-refractivity contribution in [2.24, 2.45) is 0 Å². The Balaban J connectivity index is 2.61. The van der Waals surface area contributed by atoms with Crippen LogP contribution >= 0.6 is 0 Å². The van der Waals surface area contributed by atoms with E-state index in [1.807, 2.05) is 6.07 Å². The number of hydrogen-bond donors (Lipinski definition) is 2. The summed E-state index contributed by atoms with van der Waals surface area (Å²) < 4.78 is 0. The van der Waals surface area contributed by atoms with Gasteiger partial charge in [-0.05, 0) is 25.5 Å². The largest absolute Gasteiger partial charge is 0.508 e. The van der Waals surface area contributed by atoms with Crippen LogP contribution < -0.4 is 5.32 Å². The van der Waals surface area contributed by atoms with E-state index in [1.54, 1.807) is 6.07 Å². The molecule has 2 rings (SSSR count). The van der Waals surface area contributed by atoms with Crippen molar-refractivity contribution < 1.29 is 5.11 Å². The number of benzene rings is 1. The molecule has 1 aromatic carbocycles. The Hall–Kier alpha value is -1.02. The molecule has 0 saturated carbocycles. The summed E-state index contributed by atoms with van der Waals surface area (Å²) in [6.07, 6.45) is 0. The molecule has 2 nitrogen and oxygen atoms in total. The van der Waals surface area contributed by atoms with E-state index in [0.717, 1.165) is 12.1 Å². The Morgan fingerprint density at radius 1 is 1.42 bits per heavy atom. The van der Waals surface area contributed by atoms with E-state index in [2.05, 4.69) is 25.2 Å². The fourth-order valence-corrected chi connectivity index (χ4v) is 1.75.